The molecule has 0 spiro atoms. The lowest BCUT2D eigenvalue weighted by Gasteiger charge is -2.26. The van der Waals surface area contributed by atoms with Crippen LogP contribution in [0, 0.1) is 5.92 Å². The number of hydrogen-bond donors (Lipinski definition) is 2. The molecular formula is C14H21Cl2N3O. The van der Waals surface area contributed by atoms with Gasteiger partial charge < -0.3 is 16.0 Å². The van der Waals surface area contributed by atoms with Crippen LogP contribution in [0.4, 0.5) is 5.69 Å². The molecule has 0 aliphatic heterocycles. The van der Waals surface area contributed by atoms with Gasteiger partial charge in [0.2, 0.25) is 0 Å². The normalized spacial score (nSPS) is 12.8. The summed E-state index contributed by atoms with van der Waals surface area (Å²) in [6, 6.07) is 3.09. The molecular weight excluding hydrogens is 297 g/mol. The lowest BCUT2D eigenvalue weighted by molar-refractivity contribution is 0.0917. The minimum Gasteiger partial charge on any atom is -0.399 e. The number of halogens is 2. The molecule has 0 aromatic heterocycles. The Balaban J connectivity index is 2.95. The van der Waals surface area contributed by atoms with Gasteiger partial charge in [-0.25, -0.2) is 0 Å². The van der Waals surface area contributed by atoms with E-state index in [-0.39, 0.29) is 22.0 Å². The van der Waals surface area contributed by atoms with Crippen molar-refractivity contribution in [3.05, 3.63) is 27.7 Å². The van der Waals surface area contributed by atoms with Crippen molar-refractivity contribution in [3.63, 3.8) is 0 Å². The quantitative estimate of drug-likeness (QED) is 0.821. The highest BCUT2D eigenvalue weighted by Gasteiger charge is 2.20. The third-order valence-electron chi connectivity index (χ3n) is 2.98. The van der Waals surface area contributed by atoms with E-state index in [2.05, 4.69) is 19.2 Å². The van der Waals surface area contributed by atoms with Gasteiger partial charge in [0.25, 0.3) is 5.91 Å². The smallest absolute Gasteiger partial charge is 0.253 e. The average molecular weight is 318 g/mol. The van der Waals surface area contributed by atoms with Gasteiger partial charge in [0, 0.05) is 18.3 Å². The van der Waals surface area contributed by atoms with Gasteiger partial charge >= 0.3 is 0 Å². The van der Waals surface area contributed by atoms with Gasteiger partial charge in [-0.3, -0.25) is 4.79 Å². The minimum absolute atomic E-state index is 0.0220. The van der Waals surface area contributed by atoms with Crippen LogP contribution in [0.5, 0.6) is 0 Å². The monoisotopic (exact) mass is 317 g/mol. The van der Waals surface area contributed by atoms with Crippen molar-refractivity contribution in [1.82, 2.24) is 10.2 Å². The summed E-state index contributed by atoms with van der Waals surface area (Å²) in [5.41, 5.74) is 6.43. The van der Waals surface area contributed by atoms with Gasteiger partial charge in [0.05, 0.1) is 15.6 Å². The van der Waals surface area contributed by atoms with E-state index in [1.165, 1.54) is 12.1 Å². The third-order valence-corrected chi connectivity index (χ3v) is 3.78. The molecule has 0 saturated carbocycles. The molecule has 3 N–H and O–H groups in total. The Labute approximate surface area is 130 Å². The van der Waals surface area contributed by atoms with Crippen LogP contribution in [0.1, 0.15) is 24.2 Å². The van der Waals surface area contributed by atoms with Crippen LogP contribution in [0.25, 0.3) is 0 Å². The van der Waals surface area contributed by atoms with E-state index in [1.54, 1.807) is 0 Å². The number of carbonyl (C=O) groups excluding carboxylic acids is 1. The molecule has 0 heterocycles. The van der Waals surface area contributed by atoms with Crippen molar-refractivity contribution in [2.75, 3.05) is 26.4 Å². The molecule has 0 fully saturated rings. The zero-order valence-electron chi connectivity index (χ0n) is 12.2. The van der Waals surface area contributed by atoms with Gasteiger partial charge in [-0.05, 0) is 32.1 Å². The van der Waals surface area contributed by atoms with E-state index >= 15 is 0 Å². The fraction of sp³-hybridized carbons (Fsp3) is 0.500. The first-order valence-corrected chi connectivity index (χ1v) is 7.18. The van der Waals surface area contributed by atoms with E-state index in [1.807, 2.05) is 19.0 Å². The van der Waals surface area contributed by atoms with Crippen molar-refractivity contribution < 1.29 is 4.79 Å². The Morgan fingerprint density at radius 2 is 1.95 bits per heavy atom. The average Bonchev–Trinajstić information content (AvgIpc) is 2.32. The first kappa shape index (κ1) is 17.1. The Bertz CT molecular complexity index is 490. The zero-order valence-corrected chi connectivity index (χ0v) is 13.7. The number of carbonyl (C=O) groups is 1. The molecule has 1 rings (SSSR count). The Kier molecular flexibility index (Phi) is 6.11. The molecule has 0 saturated heterocycles. The summed E-state index contributed by atoms with van der Waals surface area (Å²) in [6.07, 6.45) is 0. The topological polar surface area (TPSA) is 58.4 Å². The number of nitrogens with zero attached hydrogens (tertiary/aromatic N) is 1. The number of nitrogen functional groups attached to an aromatic ring is 1. The van der Waals surface area contributed by atoms with Gasteiger partial charge in [-0.2, -0.15) is 0 Å². The first-order chi connectivity index (χ1) is 9.22. The first-order valence-electron chi connectivity index (χ1n) is 6.42. The summed E-state index contributed by atoms with van der Waals surface area (Å²) in [4.78, 5) is 14.4. The molecule has 6 heteroatoms. The number of anilines is 1. The molecule has 1 amide bonds. The second kappa shape index (κ2) is 7.16. The molecule has 0 bridgehead atoms. The summed E-state index contributed by atoms with van der Waals surface area (Å²) >= 11 is 12.0. The van der Waals surface area contributed by atoms with Crippen molar-refractivity contribution in [2.45, 2.75) is 19.9 Å². The van der Waals surface area contributed by atoms with Crippen molar-refractivity contribution in [3.8, 4) is 0 Å². The maximum atomic E-state index is 12.3. The second-order valence-electron chi connectivity index (χ2n) is 5.45. The summed E-state index contributed by atoms with van der Waals surface area (Å²) in [7, 11) is 3.93. The maximum absolute atomic E-state index is 12.3. The lowest BCUT2D eigenvalue weighted by atomic mass is 10.0. The third kappa shape index (κ3) is 4.54. The van der Waals surface area contributed by atoms with Gasteiger partial charge in [0.1, 0.15) is 0 Å². The number of benzene rings is 1. The summed E-state index contributed by atoms with van der Waals surface area (Å²) in [5, 5.41) is 3.49. The Morgan fingerprint density at radius 1 is 1.35 bits per heavy atom. The van der Waals surface area contributed by atoms with E-state index in [0.29, 0.717) is 17.2 Å². The van der Waals surface area contributed by atoms with E-state index in [9.17, 15) is 4.79 Å². The predicted molar refractivity (Wildman–Crippen MR) is 85.5 cm³/mol. The second-order valence-corrected chi connectivity index (χ2v) is 6.24. The molecule has 4 nitrogen and oxygen atoms in total. The molecule has 0 radical (unpaired) electrons. The van der Waals surface area contributed by atoms with Crippen molar-refractivity contribution in [2.24, 2.45) is 5.92 Å². The van der Waals surface area contributed by atoms with E-state index < -0.39 is 0 Å². The number of nitrogens with two attached hydrogens (primary N) is 1. The predicted octanol–water partition coefficient (Wildman–Crippen LogP) is 2.89. The fourth-order valence-corrected chi connectivity index (χ4v) is 2.26. The van der Waals surface area contributed by atoms with Crippen LogP contribution in [0.15, 0.2) is 12.1 Å². The molecule has 0 aliphatic rings. The van der Waals surface area contributed by atoms with Gasteiger partial charge in [-0.15, -0.1) is 0 Å². The molecule has 112 valence electrons. The highest BCUT2D eigenvalue weighted by molar-refractivity contribution is 6.44. The molecule has 1 aromatic rings. The van der Waals surface area contributed by atoms with Crippen LogP contribution < -0.4 is 11.1 Å². The van der Waals surface area contributed by atoms with E-state index in [0.717, 1.165) is 6.54 Å². The summed E-state index contributed by atoms with van der Waals surface area (Å²) in [5.74, 6) is 0.0430. The maximum Gasteiger partial charge on any atom is 0.253 e. The molecule has 1 atom stereocenters. The number of rotatable bonds is 5. The number of nitrogens with one attached hydrogen (secondary N) is 1. The molecule has 1 aromatic carbocycles. The highest BCUT2D eigenvalue weighted by Crippen LogP contribution is 2.28. The molecule has 20 heavy (non-hydrogen) atoms. The number of likely N-dealkylation sites (N-methyl/N-ethyl adjacent to an activating group) is 1. The summed E-state index contributed by atoms with van der Waals surface area (Å²) in [6.45, 7) is 4.86. The van der Waals surface area contributed by atoms with Gasteiger partial charge in [0.15, 0.2) is 0 Å². The standard InChI is InChI=1S/C14H21Cl2N3O/c1-8(2)12(7-19(3)4)18-14(20)10-5-9(17)6-11(15)13(10)16/h5-6,8,12H,7,17H2,1-4H3,(H,18,20). The van der Waals surface area contributed by atoms with Crippen molar-refractivity contribution in [1.29, 1.82) is 0 Å². The Hall–Kier alpha value is -0.970. The lowest BCUT2D eigenvalue weighted by Crippen LogP contribution is -2.45. The van der Waals surface area contributed by atoms with Crippen LogP contribution in [0.2, 0.25) is 10.0 Å². The minimum atomic E-state index is -0.259. The molecule has 1 unspecified atom stereocenters. The number of amides is 1. The Morgan fingerprint density at radius 3 is 2.45 bits per heavy atom. The van der Waals surface area contributed by atoms with Crippen LogP contribution in [-0.4, -0.2) is 37.5 Å². The summed E-state index contributed by atoms with van der Waals surface area (Å²) < 4.78 is 0. The number of hydrogen-bond acceptors (Lipinski definition) is 3. The zero-order chi connectivity index (χ0) is 15.4. The SMILES string of the molecule is CC(C)C(CN(C)C)NC(=O)c1cc(N)cc(Cl)c1Cl. The van der Waals surface area contributed by atoms with Crippen LogP contribution in [-0.2, 0) is 0 Å². The van der Waals surface area contributed by atoms with Crippen LogP contribution in [0.3, 0.4) is 0 Å². The fourth-order valence-electron chi connectivity index (χ4n) is 1.84. The molecule has 0 aliphatic carbocycles. The van der Waals surface area contributed by atoms with Crippen molar-refractivity contribution >= 4 is 34.8 Å². The van der Waals surface area contributed by atoms with E-state index in [4.69, 9.17) is 28.9 Å². The van der Waals surface area contributed by atoms with Gasteiger partial charge in [-0.1, -0.05) is 37.0 Å². The highest BCUT2D eigenvalue weighted by atomic mass is 35.5. The van der Waals surface area contributed by atoms with Crippen LogP contribution >= 0.6 is 23.2 Å². The largest absolute Gasteiger partial charge is 0.399 e.